The van der Waals surface area contributed by atoms with Gasteiger partial charge in [-0.05, 0) is 43.7 Å². The van der Waals surface area contributed by atoms with Gasteiger partial charge < -0.3 is 15.4 Å². The molecule has 2 fully saturated rings. The zero-order chi connectivity index (χ0) is 11.6. The smallest absolute Gasteiger partial charge is 0.0702 e. The molecule has 2 saturated heterocycles. The number of hydrogen-bond donors (Lipinski definition) is 1. The van der Waals surface area contributed by atoms with Crippen molar-refractivity contribution in [3.63, 3.8) is 0 Å². The minimum absolute atomic E-state index is 0.367. The highest BCUT2D eigenvalue weighted by atomic mass is 16.5. The van der Waals surface area contributed by atoms with Crippen LogP contribution in [0.1, 0.15) is 33.1 Å². The van der Waals surface area contributed by atoms with Gasteiger partial charge in [0.2, 0.25) is 0 Å². The van der Waals surface area contributed by atoms with E-state index in [-0.39, 0.29) is 0 Å². The minimum atomic E-state index is 0.367. The molecule has 0 aromatic rings. The zero-order valence-electron chi connectivity index (χ0n) is 10.7. The molecule has 2 N–H and O–H groups in total. The lowest BCUT2D eigenvalue weighted by Crippen LogP contribution is -2.49. The van der Waals surface area contributed by atoms with Crippen molar-refractivity contribution < 1.29 is 4.74 Å². The summed E-state index contributed by atoms with van der Waals surface area (Å²) in [5.74, 6) is 0.688. The highest BCUT2D eigenvalue weighted by Crippen LogP contribution is 2.34. The second kappa shape index (κ2) is 5.03. The fourth-order valence-electron chi connectivity index (χ4n) is 3.18. The van der Waals surface area contributed by atoms with Crippen molar-refractivity contribution in [2.75, 3.05) is 32.8 Å². The molecule has 0 bridgehead atoms. The summed E-state index contributed by atoms with van der Waals surface area (Å²) < 4.78 is 5.71. The Labute approximate surface area is 99.3 Å². The van der Waals surface area contributed by atoms with E-state index in [1.165, 1.54) is 32.4 Å². The molecule has 2 rings (SSSR count). The normalized spacial score (nSPS) is 35.4. The molecule has 2 aliphatic rings. The molecule has 0 radical (unpaired) electrons. The number of nitrogens with two attached hydrogens (primary N) is 1. The number of piperidine rings is 1. The Hall–Kier alpha value is -0.120. The molecule has 2 unspecified atom stereocenters. The van der Waals surface area contributed by atoms with E-state index in [4.69, 9.17) is 10.5 Å². The van der Waals surface area contributed by atoms with Gasteiger partial charge in [0.1, 0.15) is 0 Å². The first kappa shape index (κ1) is 12.3. The average Bonchev–Trinajstić information content (AvgIpc) is 2.69. The molecule has 0 aromatic carbocycles. The molecule has 2 aliphatic heterocycles. The lowest BCUT2D eigenvalue weighted by atomic mass is 9.74. The second-order valence-electron chi connectivity index (χ2n) is 6.08. The summed E-state index contributed by atoms with van der Waals surface area (Å²) in [6.07, 6.45) is 4.23. The number of rotatable bonds is 3. The first-order chi connectivity index (χ1) is 7.62. The first-order valence-corrected chi connectivity index (χ1v) is 6.66. The number of ether oxygens (including phenoxy) is 1. The molecule has 16 heavy (non-hydrogen) atoms. The van der Waals surface area contributed by atoms with E-state index in [0.717, 1.165) is 19.7 Å². The van der Waals surface area contributed by atoms with Crippen LogP contribution in [0.4, 0.5) is 0 Å². The monoisotopic (exact) mass is 226 g/mol. The van der Waals surface area contributed by atoms with Crippen LogP contribution in [-0.4, -0.2) is 43.8 Å². The average molecular weight is 226 g/mol. The van der Waals surface area contributed by atoms with Gasteiger partial charge in [0, 0.05) is 19.7 Å². The third kappa shape index (κ3) is 2.76. The van der Waals surface area contributed by atoms with Crippen LogP contribution < -0.4 is 5.73 Å². The fourth-order valence-corrected chi connectivity index (χ4v) is 3.18. The third-order valence-electron chi connectivity index (χ3n) is 4.30. The van der Waals surface area contributed by atoms with Crippen LogP contribution in [0, 0.1) is 11.3 Å². The summed E-state index contributed by atoms with van der Waals surface area (Å²) in [4.78, 5) is 2.57. The van der Waals surface area contributed by atoms with Crippen LogP contribution in [-0.2, 0) is 4.74 Å². The van der Waals surface area contributed by atoms with Gasteiger partial charge in [-0.2, -0.15) is 0 Å². The van der Waals surface area contributed by atoms with E-state index in [1.54, 1.807) is 0 Å². The first-order valence-electron chi connectivity index (χ1n) is 6.66. The maximum Gasteiger partial charge on any atom is 0.0702 e. The van der Waals surface area contributed by atoms with Crippen LogP contribution in [0.15, 0.2) is 0 Å². The Morgan fingerprint density at radius 2 is 2.19 bits per heavy atom. The molecule has 0 aliphatic carbocycles. The van der Waals surface area contributed by atoms with Gasteiger partial charge in [-0.15, -0.1) is 0 Å². The number of likely N-dealkylation sites (tertiary alicyclic amines) is 1. The Kier molecular flexibility index (Phi) is 3.88. The summed E-state index contributed by atoms with van der Waals surface area (Å²) in [6, 6.07) is 0. The van der Waals surface area contributed by atoms with Gasteiger partial charge >= 0.3 is 0 Å². The van der Waals surface area contributed by atoms with Gasteiger partial charge in [0.25, 0.3) is 0 Å². The van der Waals surface area contributed by atoms with Crippen molar-refractivity contribution in [1.82, 2.24) is 4.90 Å². The van der Waals surface area contributed by atoms with Crippen molar-refractivity contribution in [3.05, 3.63) is 0 Å². The molecule has 94 valence electrons. The van der Waals surface area contributed by atoms with E-state index < -0.39 is 0 Å². The van der Waals surface area contributed by atoms with Crippen molar-refractivity contribution >= 4 is 0 Å². The number of nitrogens with zero attached hydrogens (tertiary/aromatic N) is 1. The summed E-state index contributed by atoms with van der Waals surface area (Å²) in [6.45, 7) is 10.0. The van der Waals surface area contributed by atoms with Crippen molar-refractivity contribution in [2.45, 2.75) is 39.2 Å². The molecule has 3 nitrogen and oxygen atoms in total. The maximum atomic E-state index is 5.84. The van der Waals surface area contributed by atoms with Crippen molar-refractivity contribution in [1.29, 1.82) is 0 Å². The van der Waals surface area contributed by atoms with Crippen LogP contribution in [0.25, 0.3) is 0 Å². The van der Waals surface area contributed by atoms with Gasteiger partial charge in [0.05, 0.1) is 6.10 Å². The molecule has 0 spiro atoms. The molecule has 0 amide bonds. The van der Waals surface area contributed by atoms with E-state index in [1.807, 2.05) is 0 Å². The topological polar surface area (TPSA) is 38.5 Å². The Morgan fingerprint density at radius 3 is 2.75 bits per heavy atom. The van der Waals surface area contributed by atoms with Crippen LogP contribution in [0.2, 0.25) is 0 Å². The van der Waals surface area contributed by atoms with E-state index >= 15 is 0 Å². The Balaban J connectivity index is 1.84. The van der Waals surface area contributed by atoms with Gasteiger partial charge in [-0.3, -0.25) is 0 Å². The zero-order valence-corrected chi connectivity index (χ0v) is 10.7. The van der Waals surface area contributed by atoms with Gasteiger partial charge in [0.15, 0.2) is 0 Å². The quantitative estimate of drug-likeness (QED) is 0.792. The summed E-state index contributed by atoms with van der Waals surface area (Å²) >= 11 is 0. The molecule has 2 heterocycles. The molecule has 2 atom stereocenters. The van der Waals surface area contributed by atoms with Crippen molar-refractivity contribution in [3.8, 4) is 0 Å². The summed E-state index contributed by atoms with van der Waals surface area (Å²) in [5.41, 5.74) is 6.21. The molecule has 0 aromatic heterocycles. The van der Waals surface area contributed by atoms with Crippen LogP contribution in [0.3, 0.4) is 0 Å². The predicted molar refractivity (Wildman–Crippen MR) is 66.4 cm³/mol. The highest BCUT2D eigenvalue weighted by molar-refractivity contribution is 4.88. The summed E-state index contributed by atoms with van der Waals surface area (Å²) in [5, 5.41) is 0. The standard InChI is InChI=1S/C13H26N2O/c1-13(2)10-15(6-5-11(13)8-14)9-12-4-3-7-16-12/h11-12H,3-10,14H2,1-2H3. The minimum Gasteiger partial charge on any atom is -0.377 e. The Bertz CT molecular complexity index is 224. The molecular weight excluding hydrogens is 200 g/mol. The van der Waals surface area contributed by atoms with Gasteiger partial charge in [-0.1, -0.05) is 13.8 Å². The maximum absolute atomic E-state index is 5.84. The lowest BCUT2D eigenvalue weighted by Gasteiger charge is -2.44. The van der Waals surface area contributed by atoms with Gasteiger partial charge in [-0.25, -0.2) is 0 Å². The largest absolute Gasteiger partial charge is 0.377 e. The molecule has 3 heteroatoms. The predicted octanol–water partition coefficient (Wildman–Crippen LogP) is 1.47. The summed E-state index contributed by atoms with van der Waals surface area (Å²) in [7, 11) is 0. The number of hydrogen-bond acceptors (Lipinski definition) is 3. The highest BCUT2D eigenvalue weighted by Gasteiger charge is 2.35. The van der Waals surface area contributed by atoms with E-state index in [9.17, 15) is 0 Å². The fraction of sp³-hybridized carbons (Fsp3) is 1.00. The molecule has 0 saturated carbocycles. The van der Waals surface area contributed by atoms with Crippen molar-refractivity contribution in [2.24, 2.45) is 17.1 Å². The third-order valence-corrected chi connectivity index (χ3v) is 4.30. The van der Waals surface area contributed by atoms with Crippen LogP contribution in [0.5, 0.6) is 0 Å². The van der Waals surface area contributed by atoms with Crippen LogP contribution >= 0.6 is 0 Å². The lowest BCUT2D eigenvalue weighted by molar-refractivity contribution is 0.0161. The SMILES string of the molecule is CC1(C)CN(CC2CCCO2)CCC1CN. The van der Waals surface area contributed by atoms with E-state index in [2.05, 4.69) is 18.7 Å². The van der Waals surface area contributed by atoms with E-state index in [0.29, 0.717) is 17.4 Å². The molecular formula is C13H26N2O. The Morgan fingerprint density at radius 1 is 1.38 bits per heavy atom. The second-order valence-corrected chi connectivity index (χ2v) is 6.08.